The zero-order valence-electron chi connectivity index (χ0n) is 11.9. The average Bonchev–Trinajstić information content (AvgIpc) is 3.17. The van der Waals surface area contributed by atoms with Crippen LogP contribution in [0.25, 0.3) is 0 Å². The van der Waals surface area contributed by atoms with Gasteiger partial charge in [0.15, 0.2) is 0 Å². The van der Waals surface area contributed by atoms with Crippen molar-refractivity contribution in [1.82, 2.24) is 5.32 Å². The number of carboxylic acids is 1. The number of carbonyl (C=O) groups excluding carboxylic acids is 1. The lowest BCUT2D eigenvalue weighted by Gasteiger charge is -2.16. The fraction of sp³-hybridized carbons (Fsp3) is 0.467. The van der Waals surface area contributed by atoms with E-state index in [-0.39, 0.29) is 5.92 Å². The van der Waals surface area contributed by atoms with E-state index in [4.69, 9.17) is 5.11 Å². The molecule has 0 bridgehead atoms. The maximum Gasteiger partial charge on any atom is 0.391 e. The Labute approximate surface area is 125 Å². The number of amides is 1. The Morgan fingerprint density at radius 2 is 2.00 bits per heavy atom. The predicted molar refractivity (Wildman–Crippen MR) is 72.3 cm³/mol. The summed E-state index contributed by atoms with van der Waals surface area (Å²) in [7, 11) is 0. The first kappa shape index (κ1) is 16.3. The van der Waals surface area contributed by atoms with E-state index < -0.39 is 36.4 Å². The van der Waals surface area contributed by atoms with Crippen LogP contribution in [0.2, 0.25) is 0 Å². The van der Waals surface area contributed by atoms with Crippen LogP contribution in [0.15, 0.2) is 24.3 Å². The van der Waals surface area contributed by atoms with Crippen molar-refractivity contribution < 1.29 is 27.9 Å². The van der Waals surface area contributed by atoms with Crippen molar-refractivity contribution in [2.24, 2.45) is 5.92 Å². The number of aryl methyl sites for hydroxylation is 1. The highest BCUT2D eigenvalue weighted by Crippen LogP contribution is 2.48. The minimum absolute atomic E-state index is 0.0541. The van der Waals surface area contributed by atoms with E-state index in [0.29, 0.717) is 6.42 Å². The van der Waals surface area contributed by atoms with Gasteiger partial charge >= 0.3 is 12.1 Å². The lowest BCUT2D eigenvalue weighted by molar-refractivity contribution is -0.160. The summed E-state index contributed by atoms with van der Waals surface area (Å²) in [6, 6.07) is 5.52. The molecule has 3 atom stereocenters. The molecule has 1 aliphatic carbocycles. The van der Waals surface area contributed by atoms with Gasteiger partial charge in [-0.15, -0.1) is 0 Å². The summed E-state index contributed by atoms with van der Waals surface area (Å²) in [6.45, 7) is 1.90. The van der Waals surface area contributed by atoms with Gasteiger partial charge in [0, 0.05) is 5.92 Å². The summed E-state index contributed by atoms with van der Waals surface area (Å²) >= 11 is 0. The van der Waals surface area contributed by atoms with Crippen LogP contribution < -0.4 is 5.32 Å². The summed E-state index contributed by atoms with van der Waals surface area (Å²) in [5.41, 5.74) is 1.98. The van der Waals surface area contributed by atoms with Gasteiger partial charge in [-0.3, -0.25) is 4.79 Å². The highest BCUT2D eigenvalue weighted by molar-refractivity contribution is 5.87. The maximum atomic E-state index is 12.3. The highest BCUT2D eigenvalue weighted by atomic mass is 19.4. The van der Waals surface area contributed by atoms with Crippen molar-refractivity contribution in [2.45, 2.75) is 37.9 Å². The SMILES string of the molecule is Cc1ccccc1C1CC1C(=O)NC(CC(F)(F)F)C(=O)O. The molecule has 1 saturated carbocycles. The molecule has 1 aliphatic rings. The van der Waals surface area contributed by atoms with Crippen LogP contribution in [0.1, 0.15) is 29.9 Å². The molecule has 1 aromatic carbocycles. The molecular weight excluding hydrogens is 299 g/mol. The number of benzene rings is 1. The lowest BCUT2D eigenvalue weighted by atomic mass is 10.0. The van der Waals surface area contributed by atoms with E-state index in [1.165, 1.54) is 0 Å². The Bertz CT molecular complexity index is 586. The standard InChI is InChI=1S/C15H16F3NO3/c1-8-4-2-3-5-9(8)10-6-11(10)13(20)19-12(14(21)22)7-15(16,17)18/h2-5,10-12H,6-7H2,1H3,(H,19,20)(H,21,22). The summed E-state index contributed by atoms with van der Waals surface area (Å²) in [6.07, 6.45) is -5.69. The van der Waals surface area contributed by atoms with Crippen molar-refractivity contribution in [3.8, 4) is 0 Å². The Hall–Kier alpha value is -2.05. The number of aliphatic carboxylic acids is 1. The number of nitrogens with one attached hydrogen (secondary N) is 1. The fourth-order valence-electron chi connectivity index (χ4n) is 2.54. The molecule has 0 saturated heterocycles. The largest absolute Gasteiger partial charge is 0.480 e. The van der Waals surface area contributed by atoms with E-state index in [9.17, 15) is 22.8 Å². The Kier molecular flexibility index (Phi) is 4.44. The molecular formula is C15H16F3NO3. The number of alkyl halides is 3. The van der Waals surface area contributed by atoms with Gasteiger partial charge in [0.2, 0.25) is 5.91 Å². The van der Waals surface area contributed by atoms with Gasteiger partial charge in [0.25, 0.3) is 0 Å². The summed E-state index contributed by atoms with van der Waals surface area (Å²) in [5.74, 6) is -2.83. The number of hydrogen-bond acceptors (Lipinski definition) is 2. The molecule has 0 heterocycles. The van der Waals surface area contributed by atoms with Crippen LogP contribution in [-0.4, -0.2) is 29.2 Å². The van der Waals surface area contributed by atoms with Crippen LogP contribution in [0, 0.1) is 12.8 Å². The fourth-order valence-corrected chi connectivity index (χ4v) is 2.54. The molecule has 0 radical (unpaired) electrons. The normalized spacial score (nSPS) is 22.0. The predicted octanol–water partition coefficient (Wildman–Crippen LogP) is 2.62. The molecule has 1 aromatic rings. The third kappa shape index (κ3) is 3.99. The summed E-state index contributed by atoms with van der Waals surface area (Å²) in [4.78, 5) is 22.8. The minimum Gasteiger partial charge on any atom is -0.480 e. The van der Waals surface area contributed by atoms with Crippen LogP contribution in [-0.2, 0) is 9.59 Å². The number of carbonyl (C=O) groups is 2. The second-order valence-electron chi connectivity index (χ2n) is 5.52. The van der Waals surface area contributed by atoms with Gasteiger partial charge in [-0.1, -0.05) is 24.3 Å². The molecule has 0 spiro atoms. The van der Waals surface area contributed by atoms with Gasteiger partial charge in [-0.25, -0.2) is 4.79 Å². The minimum atomic E-state index is -4.64. The Morgan fingerprint density at radius 1 is 1.36 bits per heavy atom. The smallest absolute Gasteiger partial charge is 0.391 e. The second-order valence-corrected chi connectivity index (χ2v) is 5.52. The summed E-state index contributed by atoms with van der Waals surface area (Å²) < 4.78 is 36.9. The molecule has 1 fully saturated rings. The maximum absolute atomic E-state index is 12.3. The van der Waals surface area contributed by atoms with E-state index in [1.54, 1.807) is 0 Å². The van der Waals surface area contributed by atoms with Gasteiger partial charge in [-0.2, -0.15) is 13.2 Å². The molecule has 1 amide bonds. The van der Waals surface area contributed by atoms with E-state index in [1.807, 2.05) is 36.5 Å². The third-order valence-electron chi connectivity index (χ3n) is 3.77. The van der Waals surface area contributed by atoms with E-state index in [0.717, 1.165) is 11.1 Å². The van der Waals surface area contributed by atoms with Gasteiger partial charge in [0.1, 0.15) is 6.04 Å². The van der Waals surface area contributed by atoms with Crippen molar-refractivity contribution in [1.29, 1.82) is 0 Å². The third-order valence-corrected chi connectivity index (χ3v) is 3.77. The molecule has 0 aliphatic heterocycles. The zero-order chi connectivity index (χ0) is 16.5. The van der Waals surface area contributed by atoms with Crippen molar-refractivity contribution in [3.05, 3.63) is 35.4 Å². The Morgan fingerprint density at radius 3 is 2.55 bits per heavy atom. The number of hydrogen-bond donors (Lipinski definition) is 2. The van der Waals surface area contributed by atoms with Crippen molar-refractivity contribution in [2.75, 3.05) is 0 Å². The lowest BCUT2D eigenvalue weighted by Crippen LogP contribution is -2.44. The van der Waals surface area contributed by atoms with Gasteiger partial charge < -0.3 is 10.4 Å². The first-order valence-corrected chi connectivity index (χ1v) is 6.84. The van der Waals surface area contributed by atoms with Gasteiger partial charge in [0.05, 0.1) is 6.42 Å². The zero-order valence-corrected chi connectivity index (χ0v) is 11.9. The molecule has 4 nitrogen and oxygen atoms in total. The van der Waals surface area contributed by atoms with Crippen LogP contribution in [0.3, 0.4) is 0 Å². The first-order valence-electron chi connectivity index (χ1n) is 6.84. The van der Waals surface area contributed by atoms with E-state index in [2.05, 4.69) is 0 Å². The van der Waals surface area contributed by atoms with Crippen LogP contribution in [0.5, 0.6) is 0 Å². The van der Waals surface area contributed by atoms with Crippen LogP contribution in [0.4, 0.5) is 13.2 Å². The van der Waals surface area contributed by atoms with Crippen molar-refractivity contribution >= 4 is 11.9 Å². The average molecular weight is 315 g/mol. The molecule has 120 valence electrons. The monoisotopic (exact) mass is 315 g/mol. The second kappa shape index (κ2) is 5.98. The molecule has 3 unspecified atom stereocenters. The number of rotatable bonds is 5. The molecule has 7 heteroatoms. The van der Waals surface area contributed by atoms with Crippen LogP contribution >= 0.6 is 0 Å². The molecule has 2 rings (SSSR count). The number of carboxylic acid groups (broad SMARTS) is 1. The number of halogens is 3. The Balaban J connectivity index is 1.98. The van der Waals surface area contributed by atoms with E-state index >= 15 is 0 Å². The van der Waals surface area contributed by atoms with Crippen molar-refractivity contribution in [3.63, 3.8) is 0 Å². The van der Waals surface area contributed by atoms with Gasteiger partial charge in [-0.05, 0) is 30.4 Å². The molecule has 0 aromatic heterocycles. The highest BCUT2D eigenvalue weighted by Gasteiger charge is 2.46. The first-order chi connectivity index (χ1) is 10.2. The molecule has 22 heavy (non-hydrogen) atoms. The quantitative estimate of drug-likeness (QED) is 0.878. The topological polar surface area (TPSA) is 66.4 Å². The molecule has 2 N–H and O–H groups in total. The summed E-state index contributed by atoms with van der Waals surface area (Å²) in [5, 5.41) is 10.8.